The molecule has 32 heavy (non-hydrogen) atoms. The van der Waals surface area contributed by atoms with Gasteiger partial charge in [0.25, 0.3) is 0 Å². The van der Waals surface area contributed by atoms with Crippen LogP contribution in [-0.2, 0) is 37.3 Å². The molecule has 11 heteroatoms. The molecule has 2 aliphatic rings. The van der Waals surface area contributed by atoms with E-state index in [0.29, 0.717) is 32.0 Å². The number of hydrogen-bond acceptors (Lipinski definition) is 6. The van der Waals surface area contributed by atoms with Crippen molar-refractivity contribution in [2.75, 3.05) is 38.2 Å². The summed E-state index contributed by atoms with van der Waals surface area (Å²) in [5.74, 6) is -0.424. The van der Waals surface area contributed by atoms with Gasteiger partial charge in [0.1, 0.15) is 4.90 Å². The van der Waals surface area contributed by atoms with Gasteiger partial charge in [0.15, 0.2) is 0 Å². The lowest BCUT2D eigenvalue weighted by molar-refractivity contribution is -0.133. The highest BCUT2D eigenvalue weighted by molar-refractivity contribution is 7.89. The molecule has 1 fully saturated rings. The normalized spacial score (nSPS) is 17.1. The van der Waals surface area contributed by atoms with Crippen molar-refractivity contribution in [2.45, 2.75) is 30.7 Å². The number of benzene rings is 1. The van der Waals surface area contributed by atoms with Crippen LogP contribution >= 0.6 is 22.9 Å². The summed E-state index contributed by atoms with van der Waals surface area (Å²) >= 11 is 7.86. The number of nitrogens with zero attached hydrogens (tertiary/aromatic N) is 2. The van der Waals surface area contributed by atoms with Gasteiger partial charge in [-0.05, 0) is 41.6 Å². The first-order valence-corrected chi connectivity index (χ1v) is 13.0. The Bertz CT molecular complexity index is 1110. The van der Waals surface area contributed by atoms with Gasteiger partial charge in [-0.1, -0.05) is 11.6 Å². The van der Waals surface area contributed by atoms with Crippen molar-refractivity contribution >= 4 is 50.5 Å². The molecule has 0 aliphatic carbocycles. The summed E-state index contributed by atoms with van der Waals surface area (Å²) < 4.78 is 32.4. The van der Waals surface area contributed by atoms with Crippen molar-refractivity contribution in [1.82, 2.24) is 9.21 Å². The van der Waals surface area contributed by atoms with Crippen LogP contribution in [0.2, 0.25) is 5.02 Å². The molecule has 1 aromatic heterocycles. The largest absolute Gasteiger partial charge is 0.379 e. The standard InChI is InChI=1S/C21H24ClN3O5S2/c22-17-2-1-16(13-19(17)32(28,29)25-8-10-30-11-9-25)23-20(26)3-4-21(27)24-7-5-18-15(14-24)6-12-31-18/h1-2,6,12-13H,3-5,7-11,14H2,(H,23,26). The van der Waals surface area contributed by atoms with Gasteiger partial charge >= 0.3 is 0 Å². The van der Waals surface area contributed by atoms with Gasteiger partial charge < -0.3 is 15.0 Å². The minimum atomic E-state index is -3.80. The number of rotatable bonds is 6. The van der Waals surface area contributed by atoms with Crippen LogP contribution in [0.1, 0.15) is 23.3 Å². The number of morpholine rings is 1. The van der Waals surface area contributed by atoms with Crippen LogP contribution in [0.5, 0.6) is 0 Å². The summed E-state index contributed by atoms with van der Waals surface area (Å²) in [7, 11) is -3.80. The number of carbonyl (C=O) groups excluding carboxylic acids is 2. The Labute approximate surface area is 196 Å². The molecule has 0 saturated carbocycles. The van der Waals surface area contributed by atoms with Crippen LogP contribution in [0, 0.1) is 0 Å². The third-order valence-corrected chi connectivity index (χ3v) is 8.93. The number of halogens is 1. The summed E-state index contributed by atoms with van der Waals surface area (Å²) in [6.45, 7) is 2.40. The van der Waals surface area contributed by atoms with E-state index >= 15 is 0 Å². The summed E-state index contributed by atoms with van der Waals surface area (Å²) in [6, 6.07) is 6.38. The Hall–Kier alpha value is -1.98. The van der Waals surface area contributed by atoms with Gasteiger partial charge in [-0.15, -0.1) is 11.3 Å². The number of sulfonamides is 1. The highest BCUT2D eigenvalue weighted by Gasteiger charge is 2.29. The van der Waals surface area contributed by atoms with Crippen molar-refractivity contribution < 1.29 is 22.7 Å². The number of thiophene rings is 1. The topological polar surface area (TPSA) is 96.0 Å². The quantitative estimate of drug-likeness (QED) is 0.662. The van der Waals surface area contributed by atoms with Crippen molar-refractivity contribution in [1.29, 1.82) is 0 Å². The predicted octanol–water partition coefficient (Wildman–Crippen LogP) is 2.73. The third kappa shape index (κ3) is 5.15. The highest BCUT2D eigenvalue weighted by atomic mass is 35.5. The third-order valence-electron chi connectivity index (χ3n) is 5.53. The van der Waals surface area contributed by atoms with Crippen LogP contribution in [-0.4, -0.2) is 62.3 Å². The second-order valence-electron chi connectivity index (χ2n) is 7.64. The minimum Gasteiger partial charge on any atom is -0.379 e. The lowest BCUT2D eigenvalue weighted by Gasteiger charge is -2.27. The highest BCUT2D eigenvalue weighted by Crippen LogP contribution is 2.28. The van der Waals surface area contributed by atoms with Gasteiger partial charge in [-0.2, -0.15) is 4.31 Å². The predicted molar refractivity (Wildman–Crippen MR) is 122 cm³/mol. The van der Waals surface area contributed by atoms with Crippen LogP contribution in [0.4, 0.5) is 5.69 Å². The average Bonchev–Trinajstić information content (AvgIpc) is 3.27. The molecule has 4 rings (SSSR count). The fraction of sp³-hybridized carbons (Fsp3) is 0.429. The van der Waals surface area contributed by atoms with Crippen molar-refractivity contribution in [3.05, 3.63) is 45.1 Å². The summed E-state index contributed by atoms with van der Waals surface area (Å²) in [4.78, 5) is 28.0. The molecule has 2 aromatic rings. The molecular weight excluding hydrogens is 474 g/mol. The van der Waals surface area contributed by atoms with Crippen LogP contribution in [0.25, 0.3) is 0 Å². The first-order chi connectivity index (χ1) is 15.3. The summed E-state index contributed by atoms with van der Waals surface area (Å²) in [5, 5.41) is 4.80. The zero-order chi connectivity index (χ0) is 22.7. The van der Waals surface area contributed by atoms with Gasteiger partial charge in [0, 0.05) is 49.6 Å². The first kappa shape index (κ1) is 23.2. The first-order valence-electron chi connectivity index (χ1n) is 10.3. The van der Waals surface area contributed by atoms with E-state index in [4.69, 9.17) is 16.3 Å². The fourth-order valence-corrected chi connectivity index (χ4v) is 6.57. The molecule has 0 bridgehead atoms. The zero-order valence-corrected chi connectivity index (χ0v) is 19.8. The molecular formula is C21H24ClN3O5S2. The second kappa shape index (κ2) is 9.88. The molecule has 1 saturated heterocycles. The minimum absolute atomic E-state index is 0.0139. The van der Waals surface area contributed by atoms with Crippen molar-refractivity contribution in [3.8, 4) is 0 Å². The SMILES string of the molecule is O=C(CCC(=O)N1CCc2sccc2C1)Nc1ccc(Cl)c(S(=O)(=O)N2CCOCC2)c1. The van der Waals surface area contributed by atoms with E-state index < -0.39 is 10.0 Å². The molecule has 172 valence electrons. The maximum Gasteiger partial charge on any atom is 0.244 e. The molecule has 3 heterocycles. The molecule has 2 aliphatic heterocycles. The number of carbonyl (C=O) groups is 2. The molecule has 0 atom stereocenters. The van der Waals surface area contributed by atoms with E-state index in [-0.39, 0.29) is 47.7 Å². The molecule has 8 nitrogen and oxygen atoms in total. The van der Waals surface area contributed by atoms with Crippen molar-refractivity contribution in [3.63, 3.8) is 0 Å². The van der Waals surface area contributed by atoms with Gasteiger partial charge in [0.05, 0.1) is 18.2 Å². The number of amides is 2. The van der Waals surface area contributed by atoms with E-state index in [0.717, 1.165) is 6.42 Å². The maximum absolute atomic E-state index is 12.9. The van der Waals surface area contributed by atoms with Gasteiger partial charge in [-0.25, -0.2) is 8.42 Å². The molecule has 2 amide bonds. The lowest BCUT2D eigenvalue weighted by atomic mass is 10.1. The average molecular weight is 498 g/mol. The maximum atomic E-state index is 12.9. The monoisotopic (exact) mass is 497 g/mol. The second-order valence-corrected chi connectivity index (χ2v) is 11.0. The van der Waals surface area contributed by atoms with E-state index in [1.807, 2.05) is 11.4 Å². The summed E-state index contributed by atoms with van der Waals surface area (Å²) in [6.07, 6.45) is 0.952. The van der Waals surface area contributed by atoms with Gasteiger partial charge in [0.2, 0.25) is 21.8 Å². The Kier molecular flexibility index (Phi) is 7.16. The molecule has 0 radical (unpaired) electrons. The van der Waals surface area contributed by atoms with Crippen LogP contribution in [0.15, 0.2) is 34.5 Å². The molecule has 1 aromatic carbocycles. The number of ether oxygens (including phenoxy) is 1. The number of anilines is 1. The van der Waals surface area contributed by atoms with Crippen LogP contribution in [0.3, 0.4) is 0 Å². The smallest absolute Gasteiger partial charge is 0.244 e. The summed E-state index contributed by atoms with van der Waals surface area (Å²) in [5.41, 5.74) is 1.49. The van der Waals surface area contributed by atoms with E-state index in [2.05, 4.69) is 5.32 Å². The van der Waals surface area contributed by atoms with Gasteiger partial charge in [-0.3, -0.25) is 9.59 Å². The zero-order valence-electron chi connectivity index (χ0n) is 17.4. The fourth-order valence-electron chi connectivity index (χ4n) is 3.77. The van der Waals surface area contributed by atoms with E-state index in [1.165, 1.54) is 26.9 Å². The van der Waals surface area contributed by atoms with Crippen molar-refractivity contribution in [2.24, 2.45) is 0 Å². The lowest BCUT2D eigenvalue weighted by Crippen LogP contribution is -2.40. The Balaban J connectivity index is 1.35. The molecule has 0 spiro atoms. The van der Waals surface area contributed by atoms with Crippen LogP contribution < -0.4 is 5.32 Å². The molecule has 1 N–H and O–H groups in total. The Morgan fingerprint density at radius 1 is 1.12 bits per heavy atom. The van der Waals surface area contributed by atoms with E-state index in [9.17, 15) is 18.0 Å². The number of fused-ring (bicyclic) bond motifs is 1. The molecule has 0 unspecified atom stereocenters. The number of nitrogens with one attached hydrogen (secondary N) is 1. The van der Waals surface area contributed by atoms with E-state index in [1.54, 1.807) is 22.3 Å². The number of hydrogen-bond donors (Lipinski definition) is 1. The Morgan fingerprint density at radius 3 is 2.69 bits per heavy atom. The Morgan fingerprint density at radius 2 is 1.91 bits per heavy atom.